The number of piperidine rings is 1. The van der Waals surface area contributed by atoms with Crippen LogP contribution in [0.3, 0.4) is 0 Å². The summed E-state index contributed by atoms with van der Waals surface area (Å²) in [6.07, 6.45) is 3.80. The number of primary amides is 1. The summed E-state index contributed by atoms with van der Waals surface area (Å²) in [6, 6.07) is 3.90. The number of H-pyrrole nitrogens is 1. The van der Waals surface area contributed by atoms with Crippen LogP contribution in [0.2, 0.25) is 0 Å². The Hall–Kier alpha value is -3.15. The number of hydrogen-bond donors (Lipinski definition) is 3. The first-order chi connectivity index (χ1) is 12.9. The number of anilines is 1. The maximum absolute atomic E-state index is 12.7. The molecule has 0 bridgehead atoms. The van der Waals surface area contributed by atoms with E-state index in [0.717, 1.165) is 11.8 Å². The van der Waals surface area contributed by atoms with Crippen molar-refractivity contribution in [1.29, 1.82) is 5.26 Å². The minimum atomic E-state index is -0.824. The molecule has 2 amide bonds. The minimum absolute atomic E-state index is 0.0773. The second-order valence-corrected chi connectivity index (χ2v) is 7.49. The number of aromatic nitrogens is 3. The fourth-order valence-corrected chi connectivity index (χ4v) is 3.67. The SMILES string of the molecule is CC1CCN(C(=O)C2(C#N)CC2)CC1Nc1c(C(N)=O)nnc2[nH]ccc12. The van der Waals surface area contributed by atoms with E-state index in [-0.39, 0.29) is 23.6 Å². The maximum Gasteiger partial charge on any atom is 0.271 e. The number of likely N-dealkylation sites (tertiary alicyclic amines) is 1. The van der Waals surface area contributed by atoms with Crippen molar-refractivity contribution in [3.05, 3.63) is 18.0 Å². The summed E-state index contributed by atoms with van der Waals surface area (Å²) >= 11 is 0. The smallest absolute Gasteiger partial charge is 0.271 e. The Balaban J connectivity index is 1.62. The van der Waals surface area contributed by atoms with Gasteiger partial charge in [0.2, 0.25) is 5.91 Å². The summed E-state index contributed by atoms with van der Waals surface area (Å²) in [5.41, 5.74) is 5.82. The molecule has 2 unspecified atom stereocenters. The van der Waals surface area contributed by atoms with Gasteiger partial charge >= 0.3 is 0 Å². The lowest BCUT2D eigenvalue weighted by atomic mass is 9.91. The third kappa shape index (κ3) is 2.87. The van der Waals surface area contributed by atoms with Crippen molar-refractivity contribution in [2.45, 2.75) is 32.2 Å². The summed E-state index contributed by atoms with van der Waals surface area (Å²) in [5.74, 6) is -0.474. The third-order valence-electron chi connectivity index (χ3n) is 5.66. The average Bonchev–Trinajstić information content (AvgIpc) is 3.31. The molecule has 1 aliphatic heterocycles. The first kappa shape index (κ1) is 17.3. The highest BCUT2D eigenvalue weighted by Gasteiger charge is 2.53. The van der Waals surface area contributed by atoms with Crippen molar-refractivity contribution in [1.82, 2.24) is 20.1 Å². The van der Waals surface area contributed by atoms with Gasteiger partial charge in [0.15, 0.2) is 11.3 Å². The fourth-order valence-electron chi connectivity index (χ4n) is 3.67. The number of amides is 2. The molecule has 2 aromatic heterocycles. The molecule has 0 spiro atoms. The fraction of sp³-hybridized carbons (Fsp3) is 0.500. The van der Waals surface area contributed by atoms with E-state index in [1.165, 1.54) is 0 Å². The van der Waals surface area contributed by atoms with Crippen molar-refractivity contribution in [2.24, 2.45) is 17.1 Å². The van der Waals surface area contributed by atoms with Crippen LogP contribution in [0.5, 0.6) is 0 Å². The van der Waals surface area contributed by atoms with Crippen molar-refractivity contribution in [2.75, 3.05) is 18.4 Å². The van der Waals surface area contributed by atoms with Gasteiger partial charge in [0.25, 0.3) is 5.91 Å². The van der Waals surface area contributed by atoms with Crippen molar-refractivity contribution < 1.29 is 9.59 Å². The molecule has 2 aromatic rings. The standard InChI is InChI=1S/C18H21N7O2/c1-10-3-7-25(17(27)18(9-19)4-5-18)8-12(10)22-13-11-2-6-21-16(11)24-23-14(13)15(20)26/h2,6,10,12H,3-5,7-8H2,1H3,(H2,20,26)(H2,21,22,24). The molecule has 3 heterocycles. The summed E-state index contributed by atoms with van der Waals surface area (Å²) in [5, 5.41) is 21.4. The molecule has 4 rings (SSSR count). The number of nitrogens with one attached hydrogen (secondary N) is 2. The molecule has 1 saturated heterocycles. The van der Waals surface area contributed by atoms with E-state index < -0.39 is 11.3 Å². The summed E-state index contributed by atoms with van der Waals surface area (Å²) < 4.78 is 0. The van der Waals surface area contributed by atoms with Gasteiger partial charge < -0.3 is 20.9 Å². The molecule has 1 aliphatic carbocycles. The monoisotopic (exact) mass is 367 g/mol. The summed E-state index contributed by atoms with van der Waals surface area (Å²) in [6.45, 7) is 3.21. The molecule has 140 valence electrons. The molecule has 9 nitrogen and oxygen atoms in total. The van der Waals surface area contributed by atoms with Gasteiger partial charge in [-0.05, 0) is 31.2 Å². The van der Waals surface area contributed by atoms with Gasteiger partial charge in [-0.2, -0.15) is 5.26 Å². The lowest BCUT2D eigenvalue weighted by Gasteiger charge is -2.39. The molecule has 9 heteroatoms. The highest BCUT2D eigenvalue weighted by Crippen LogP contribution is 2.47. The van der Waals surface area contributed by atoms with Gasteiger partial charge in [-0.15, -0.1) is 10.2 Å². The lowest BCUT2D eigenvalue weighted by molar-refractivity contribution is -0.136. The molecule has 2 fully saturated rings. The zero-order valence-corrected chi connectivity index (χ0v) is 15.0. The number of aromatic amines is 1. The number of nitrogens with two attached hydrogens (primary N) is 1. The van der Waals surface area contributed by atoms with Gasteiger partial charge in [-0.3, -0.25) is 9.59 Å². The molecule has 2 aliphatic rings. The van der Waals surface area contributed by atoms with E-state index in [0.29, 0.717) is 37.3 Å². The van der Waals surface area contributed by atoms with Gasteiger partial charge in [0.05, 0.1) is 11.8 Å². The van der Waals surface area contributed by atoms with Crippen LogP contribution in [0.4, 0.5) is 5.69 Å². The topological polar surface area (TPSA) is 141 Å². The third-order valence-corrected chi connectivity index (χ3v) is 5.66. The predicted molar refractivity (Wildman–Crippen MR) is 97.5 cm³/mol. The van der Waals surface area contributed by atoms with Crippen molar-refractivity contribution in [3.63, 3.8) is 0 Å². The average molecular weight is 367 g/mol. The second-order valence-electron chi connectivity index (χ2n) is 7.49. The maximum atomic E-state index is 12.7. The zero-order chi connectivity index (χ0) is 19.2. The molecular formula is C18H21N7O2. The first-order valence-corrected chi connectivity index (χ1v) is 9.06. The predicted octanol–water partition coefficient (Wildman–Crippen LogP) is 1.01. The Labute approximate surface area is 155 Å². The number of rotatable bonds is 4. The number of fused-ring (bicyclic) bond motifs is 1. The molecule has 2 atom stereocenters. The quantitative estimate of drug-likeness (QED) is 0.736. The van der Waals surface area contributed by atoms with E-state index in [9.17, 15) is 14.9 Å². The first-order valence-electron chi connectivity index (χ1n) is 9.06. The largest absolute Gasteiger partial charge is 0.378 e. The second kappa shape index (κ2) is 6.23. The summed E-state index contributed by atoms with van der Waals surface area (Å²) in [7, 11) is 0. The number of nitrogens with zero attached hydrogens (tertiary/aromatic N) is 4. The van der Waals surface area contributed by atoms with Crippen LogP contribution < -0.4 is 11.1 Å². The number of hydrogen-bond acceptors (Lipinski definition) is 6. The minimum Gasteiger partial charge on any atom is -0.378 e. The van der Waals surface area contributed by atoms with Gasteiger partial charge in [-0.1, -0.05) is 6.92 Å². The summed E-state index contributed by atoms with van der Waals surface area (Å²) in [4.78, 5) is 29.3. The number of carbonyl (C=O) groups is 2. The molecular weight excluding hydrogens is 346 g/mol. The van der Waals surface area contributed by atoms with Crippen LogP contribution in [0.25, 0.3) is 11.0 Å². The molecule has 1 saturated carbocycles. The molecule has 4 N–H and O–H groups in total. The number of nitriles is 1. The van der Waals surface area contributed by atoms with E-state index >= 15 is 0 Å². The van der Waals surface area contributed by atoms with Crippen LogP contribution in [-0.4, -0.2) is 51.0 Å². The van der Waals surface area contributed by atoms with Crippen LogP contribution in [-0.2, 0) is 4.79 Å². The van der Waals surface area contributed by atoms with Gasteiger partial charge in [0.1, 0.15) is 5.41 Å². The van der Waals surface area contributed by atoms with Crippen molar-refractivity contribution >= 4 is 28.5 Å². The van der Waals surface area contributed by atoms with E-state index in [4.69, 9.17) is 5.73 Å². The van der Waals surface area contributed by atoms with E-state index in [2.05, 4.69) is 33.5 Å². The Morgan fingerprint density at radius 1 is 1.44 bits per heavy atom. The lowest BCUT2D eigenvalue weighted by Crippen LogP contribution is -2.51. The van der Waals surface area contributed by atoms with Gasteiger partial charge in [0, 0.05) is 30.7 Å². The Bertz CT molecular complexity index is 956. The Morgan fingerprint density at radius 3 is 2.89 bits per heavy atom. The molecule has 0 aromatic carbocycles. The highest BCUT2D eigenvalue weighted by molar-refractivity contribution is 6.04. The highest BCUT2D eigenvalue weighted by atomic mass is 16.2. The van der Waals surface area contributed by atoms with E-state index in [1.54, 1.807) is 11.1 Å². The molecule has 27 heavy (non-hydrogen) atoms. The van der Waals surface area contributed by atoms with E-state index in [1.807, 2.05) is 6.07 Å². The Kier molecular flexibility index (Phi) is 3.98. The van der Waals surface area contributed by atoms with Crippen molar-refractivity contribution in [3.8, 4) is 6.07 Å². The van der Waals surface area contributed by atoms with Crippen LogP contribution in [0, 0.1) is 22.7 Å². The number of carbonyl (C=O) groups excluding carboxylic acids is 2. The van der Waals surface area contributed by atoms with Crippen LogP contribution in [0.1, 0.15) is 36.7 Å². The van der Waals surface area contributed by atoms with Crippen LogP contribution in [0.15, 0.2) is 12.3 Å². The molecule has 0 radical (unpaired) electrons. The Morgan fingerprint density at radius 2 is 2.22 bits per heavy atom. The zero-order valence-electron chi connectivity index (χ0n) is 15.0. The normalized spacial score (nSPS) is 23.6. The van der Waals surface area contributed by atoms with Crippen LogP contribution >= 0.6 is 0 Å². The van der Waals surface area contributed by atoms with Gasteiger partial charge in [-0.25, -0.2) is 0 Å².